The molecule has 0 unspecified atom stereocenters. The van der Waals surface area contributed by atoms with Crippen molar-refractivity contribution in [3.05, 3.63) is 0 Å². The number of amides is 2. The third kappa shape index (κ3) is 34.2. The van der Waals surface area contributed by atoms with Gasteiger partial charge >= 0.3 is 18.9 Å². The molecule has 74 valence electrons. The second-order valence-corrected chi connectivity index (χ2v) is 2.43. The summed E-state index contributed by atoms with van der Waals surface area (Å²) in [6.07, 6.45) is 2.74. The number of carbonyl (C=O) groups is 2. The Bertz CT molecular complexity index is 129. The Kier molecular flexibility index (Phi) is 19.9. The first-order valence-electron chi connectivity index (χ1n) is 4.11. The number of nitrogens with two attached hydrogens (primary N) is 2. The third-order valence-corrected chi connectivity index (χ3v) is 0.993. The van der Waals surface area contributed by atoms with Gasteiger partial charge in [0.1, 0.15) is 0 Å². The molecule has 2 amide bonds. The molecule has 0 radical (unpaired) electrons. The van der Waals surface area contributed by atoms with Gasteiger partial charge in [-0.25, -0.2) is 0 Å². The van der Waals surface area contributed by atoms with Crippen molar-refractivity contribution in [1.29, 1.82) is 0 Å². The van der Waals surface area contributed by atoms with Crippen molar-refractivity contribution >= 4 is 11.8 Å². The van der Waals surface area contributed by atoms with Gasteiger partial charge in [-0.1, -0.05) is 13.8 Å². The third-order valence-electron chi connectivity index (χ3n) is 0.993. The molecule has 0 aliphatic heterocycles. The zero-order valence-electron chi connectivity index (χ0n) is 9.80. The van der Waals surface area contributed by atoms with E-state index in [1.807, 2.05) is 13.8 Å². The van der Waals surface area contributed by atoms with Crippen LogP contribution < -0.4 is 30.3 Å². The number of rotatable bonds is 4. The van der Waals surface area contributed by atoms with E-state index in [9.17, 15) is 9.59 Å². The molecular weight excluding hydrogens is 163 g/mol. The minimum atomic E-state index is -0.211. The second-order valence-electron chi connectivity index (χ2n) is 2.43. The Morgan fingerprint density at radius 3 is 1.23 bits per heavy atom. The van der Waals surface area contributed by atoms with Gasteiger partial charge < -0.3 is 12.9 Å². The van der Waals surface area contributed by atoms with E-state index in [0.29, 0.717) is 12.8 Å². The quantitative estimate of drug-likeness (QED) is 0.477. The zero-order valence-corrected chi connectivity index (χ0v) is 8.80. The number of carbonyl (C=O) groups excluding carboxylic acids is 2. The molecule has 4 N–H and O–H groups in total. The van der Waals surface area contributed by atoms with Gasteiger partial charge in [-0.15, -0.1) is 0 Å². The number of hydrogen-bond acceptors (Lipinski definition) is 2. The Balaban J connectivity index is -0.0000000625. The summed E-state index contributed by atoms with van der Waals surface area (Å²) in [4.78, 5) is 19.6. The minimum absolute atomic E-state index is 0. The zero-order chi connectivity index (χ0) is 9.98. The van der Waals surface area contributed by atoms with Crippen molar-refractivity contribution in [3.63, 3.8) is 0 Å². The predicted octanol–water partition coefficient (Wildman–Crippen LogP) is -2.34. The molecule has 0 rings (SSSR count). The molecule has 4 nitrogen and oxygen atoms in total. The van der Waals surface area contributed by atoms with E-state index in [1.165, 1.54) is 0 Å². The van der Waals surface area contributed by atoms with Crippen LogP contribution in [0.3, 0.4) is 0 Å². The summed E-state index contributed by atoms with van der Waals surface area (Å²) in [6.45, 7) is 3.84. The number of hydrogen-bond donors (Lipinski definition) is 2. The maximum atomic E-state index is 9.82. The molecule has 0 aliphatic rings. The average Bonchev–Trinajstić information content (AvgIpc) is 1.87. The molecule has 0 aromatic carbocycles. The van der Waals surface area contributed by atoms with Crippen LogP contribution in [0.15, 0.2) is 0 Å². The molecule has 0 heterocycles. The van der Waals surface area contributed by atoms with E-state index in [-0.39, 0.29) is 32.1 Å². The topological polar surface area (TPSA) is 86.2 Å². The summed E-state index contributed by atoms with van der Waals surface area (Å²) in [5, 5.41) is 0. The van der Waals surface area contributed by atoms with Gasteiger partial charge in [-0.05, 0) is 12.8 Å². The van der Waals surface area contributed by atoms with Crippen molar-refractivity contribution < 1.29 is 29.9 Å². The molecule has 13 heavy (non-hydrogen) atoms. The van der Waals surface area contributed by atoms with Crippen molar-refractivity contribution in [3.8, 4) is 0 Å². The van der Waals surface area contributed by atoms with Crippen LogP contribution in [-0.2, 0) is 9.59 Å². The van der Waals surface area contributed by atoms with Gasteiger partial charge in [0.2, 0.25) is 11.8 Å². The molecule has 0 bridgehead atoms. The number of primary amides is 2. The summed E-state index contributed by atoms with van der Waals surface area (Å²) in [7, 11) is 0. The van der Waals surface area contributed by atoms with Gasteiger partial charge in [0.25, 0.3) is 0 Å². The summed E-state index contributed by atoms with van der Waals surface area (Å²) in [6, 6.07) is 0. The van der Waals surface area contributed by atoms with Gasteiger partial charge in [0.15, 0.2) is 0 Å². The van der Waals surface area contributed by atoms with E-state index >= 15 is 0 Å². The van der Waals surface area contributed by atoms with Gasteiger partial charge in [0, 0.05) is 12.8 Å². The molecule has 0 aromatic heterocycles. The van der Waals surface area contributed by atoms with Crippen molar-refractivity contribution in [1.82, 2.24) is 0 Å². The summed E-state index contributed by atoms with van der Waals surface area (Å²) in [5.41, 5.74) is 9.53. The standard InChI is InChI=1S/2C4H9NO.Li.H/c2*1-2-3-4(5)6;;/h2*2-3H2,1H3,(H2,5,6);;/q;;+1;-1. The SMILES string of the molecule is CCCC(N)=O.CCCC(N)=O.[H-].[Li+]. The van der Waals surface area contributed by atoms with Crippen LogP contribution in [0.2, 0.25) is 0 Å². The average molecular weight is 182 g/mol. The van der Waals surface area contributed by atoms with Crippen molar-refractivity contribution in [2.24, 2.45) is 11.5 Å². The van der Waals surface area contributed by atoms with E-state index in [2.05, 4.69) is 0 Å². The Morgan fingerprint density at radius 2 is 1.23 bits per heavy atom. The van der Waals surface area contributed by atoms with E-state index in [0.717, 1.165) is 12.8 Å². The van der Waals surface area contributed by atoms with Gasteiger partial charge in [-0.3, -0.25) is 9.59 Å². The molecule has 0 spiro atoms. The van der Waals surface area contributed by atoms with E-state index in [1.54, 1.807) is 0 Å². The van der Waals surface area contributed by atoms with E-state index in [4.69, 9.17) is 11.5 Å². The maximum Gasteiger partial charge on any atom is 1.00 e. The fourth-order valence-electron chi connectivity index (χ4n) is 0.493. The molecule has 0 fully saturated rings. The monoisotopic (exact) mass is 182 g/mol. The largest absolute Gasteiger partial charge is 1.00 e. The van der Waals surface area contributed by atoms with E-state index < -0.39 is 0 Å². The molecule has 0 aromatic rings. The van der Waals surface area contributed by atoms with Gasteiger partial charge in [0.05, 0.1) is 0 Å². The smallest absolute Gasteiger partial charge is 1.00 e. The first kappa shape index (κ1) is 18.3. The molecule has 0 saturated carbocycles. The molecular formula is C8H19LiN2O2. The summed E-state index contributed by atoms with van der Waals surface area (Å²) < 4.78 is 0. The summed E-state index contributed by atoms with van der Waals surface area (Å²) >= 11 is 0. The van der Waals surface area contributed by atoms with Crippen LogP contribution >= 0.6 is 0 Å². The normalized spacial score (nSPS) is 7.54. The first-order valence-corrected chi connectivity index (χ1v) is 4.11. The van der Waals surface area contributed by atoms with Crippen LogP contribution in [0, 0.1) is 0 Å². The van der Waals surface area contributed by atoms with Crippen molar-refractivity contribution in [2.75, 3.05) is 0 Å². The van der Waals surface area contributed by atoms with Crippen LogP contribution in [0.1, 0.15) is 41.0 Å². The summed E-state index contributed by atoms with van der Waals surface area (Å²) in [5.74, 6) is -0.421. The maximum absolute atomic E-state index is 9.82. The fraction of sp³-hybridized carbons (Fsp3) is 0.750. The fourth-order valence-corrected chi connectivity index (χ4v) is 0.493. The van der Waals surface area contributed by atoms with Crippen LogP contribution in [-0.4, -0.2) is 11.8 Å². The Labute approximate surface area is 93.1 Å². The van der Waals surface area contributed by atoms with Crippen LogP contribution in [0.4, 0.5) is 0 Å². The van der Waals surface area contributed by atoms with Crippen LogP contribution in [0.5, 0.6) is 0 Å². The molecule has 0 aliphatic carbocycles. The Hall–Kier alpha value is -0.463. The Morgan fingerprint density at radius 1 is 1.00 bits per heavy atom. The van der Waals surface area contributed by atoms with Crippen LogP contribution in [0.25, 0.3) is 0 Å². The predicted molar refractivity (Wildman–Crippen MR) is 49.3 cm³/mol. The molecule has 5 heteroatoms. The molecule has 0 saturated heterocycles. The first-order chi connectivity index (χ1) is 5.54. The second kappa shape index (κ2) is 14.1. The van der Waals surface area contributed by atoms with Crippen molar-refractivity contribution in [2.45, 2.75) is 39.5 Å². The minimum Gasteiger partial charge on any atom is -1.00 e. The van der Waals surface area contributed by atoms with Gasteiger partial charge in [-0.2, -0.15) is 0 Å². The molecule has 0 atom stereocenters.